The number of rotatable bonds is 7. The van der Waals surface area contributed by atoms with Gasteiger partial charge < -0.3 is 15.8 Å². The van der Waals surface area contributed by atoms with Crippen LogP contribution in [0.2, 0.25) is 0 Å². The summed E-state index contributed by atoms with van der Waals surface area (Å²) in [6.07, 6.45) is 3.23. The monoisotopic (exact) mass is 340 g/mol. The summed E-state index contributed by atoms with van der Waals surface area (Å²) < 4.78 is 6.54. The summed E-state index contributed by atoms with van der Waals surface area (Å²) in [4.78, 5) is 11.6. The fourth-order valence-electron chi connectivity index (χ4n) is 1.92. The molecule has 0 radical (unpaired) electrons. The number of ether oxygens (including phenoxy) is 1. The van der Waals surface area contributed by atoms with E-state index in [0.717, 1.165) is 23.0 Å². The van der Waals surface area contributed by atoms with Crippen molar-refractivity contribution in [1.82, 2.24) is 5.32 Å². The van der Waals surface area contributed by atoms with Gasteiger partial charge in [0.15, 0.2) is 6.61 Å². The Balaban J connectivity index is 1.83. The van der Waals surface area contributed by atoms with Gasteiger partial charge in [-0.1, -0.05) is 15.9 Å². The van der Waals surface area contributed by atoms with Crippen LogP contribution in [0.25, 0.3) is 0 Å². The van der Waals surface area contributed by atoms with Crippen LogP contribution in [-0.4, -0.2) is 25.1 Å². The van der Waals surface area contributed by atoms with E-state index < -0.39 is 0 Å². The summed E-state index contributed by atoms with van der Waals surface area (Å²) in [5.74, 6) is 1.32. The van der Waals surface area contributed by atoms with Gasteiger partial charge in [-0.15, -0.1) is 0 Å². The lowest BCUT2D eigenvalue weighted by atomic mass is 10.1. The molecule has 0 bridgehead atoms. The number of hydrogen-bond donors (Lipinski definition) is 2. The molecule has 2 rings (SSSR count). The van der Waals surface area contributed by atoms with Gasteiger partial charge in [0.05, 0.1) is 0 Å². The average Bonchev–Trinajstić information content (AvgIpc) is 3.21. The standard InChI is InChI=1S/C15H21BrN2O2/c1-10(17)6-12-7-13(4-5-14(12)16)20-9-15(19)18-8-11-2-3-11/h4-5,7,10-11H,2-3,6,8-9,17H2,1H3,(H,18,19). The number of nitrogens with two attached hydrogens (primary N) is 1. The Labute approximate surface area is 128 Å². The topological polar surface area (TPSA) is 64.3 Å². The minimum atomic E-state index is -0.0615. The van der Waals surface area contributed by atoms with Crippen LogP contribution in [-0.2, 0) is 11.2 Å². The quantitative estimate of drug-likeness (QED) is 0.800. The van der Waals surface area contributed by atoms with Gasteiger partial charge in [-0.3, -0.25) is 4.79 Å². The molecule has 1 atom stereocenters. The molecule has 1 aromatic rings. The maximum Gasteiger partial charge on any atom is 0.257 e. The van der Waals surface area contributed by atoms with Crippen molar-refractivity contribution in [2.24, 2.45) is 11.7 Å². The molecule has 0 aliphatic heterocycles. The van der Waals surface area contributed by atoms with Gasteiger partial charge in [0, 0.05) is 17.1 Å². The maximum atomic E-state index is 11.6. The highest BCUT2D eigenvalue weighted by molar-refractivity contribution is 9.10. The molecule has 0 heterocycles. The van der Waals surface area contributed by atoms with Gasteiger partial charge >= 0.3 is 0 Å². The van der Waals surface area contributed by atoms with Crippen molar-refractivity contribution in [1.29, 1.82) is 0 Å². The van der Waals surface area contributed by atoms with Crippen molar-refractivity contribution in [2.75, 3.05) is 13.2 Å². The highest BCUT2D eigenvalue weighted by atomic mass is 79.9. The van der Waals surface area contributed by atoms with E-state index in [2.05, 4.69) is 21.2 Å². The SMILES string of the molecule is CC(N)Cc1cc(OCC(=O)NCC2CC2)ccc1Br. The Bertz CT molecular complexity index is 473. The van der Waals surface area contributed by atoms with Crippen LogP contribution in [0.5, 0.6) is 5.75 Å². The molecule has 1 fully saturated rings. The first-order chi connectivity index (χ1) is 9.54. The summed E-state index contributed by atoms with van der Waals surface area (Å²) in [5.41, 5.74) is 6.91. The molecule has 4 nitrogen and oxygen atoms in total. The van der Waals surface area contributed by atoms with Crippen molar-refractivity contribution in [3.8, 4) is 5.75 Å². The van der Waals surface area contributed by atoms with Crippen LogP contribution in [0.3, 0.4) is 0 Å². The number of benzene rings is 1. The average molecular weight is 341 g/mol. The molecule has 0 spiro atoms. The number of halogens is 1. The zero-order valence-electron chi connectivity index (χ0n) is 11.7. The molecule has 0 saturated heterocycles. The summed E-state index contributed by atoms with van der Waals surface area (Å²) in [7, 11) is 0. The Hall–Kier alpha value is -1.07. The lowest BCUT2D eigenvalue weighted by molar-refractivity contribution is -0.123. The van der Waals surface area contributed by atoms with Crippen molar-refractivity contribution >= 4 is 21.8 Å². The van der Waals surface area contributed by atoms with E-state index in [1.54, 1.807) is 0 Å². The van der Waals surface area contributed by atoms with Gasteiger partial charge in [0.1, 0.15) is 5.75 Å². The smallest absolute Gasteiger partial charge is 0.257 e. The van der Waals surface area contributed by atoms with Crippen molar-refractivity contribution in [2.45, 2.75) is 32.2 Å². The van der Waals surface area contributed by atoms with Crippen LogP contribution in [0, 0.1) is 5.92 Å². The van der Waals surface area contributed by atoms with E-state index in [1.807, 2.05) is 25.1 Å². The highest BCUT2D eigenvalue weighted by Crippen LogP contribution is 2.27. The van der Waals surface area contributed by atoms with Crippen molar-refractivity contribution < 1.29 is 9.53 Å². The Morgan fingerprint density at radius 2 is 2.30 bits per heavy atom. The Kier molecular flexibility index (Phi) is 5.43. The second-order valence-electron chi connectivity index (χ2n) is 5.47. The third kappa shape index (κ3) is 5.13. The van der Waals surface area contributed by atoms with Crippen LogP contribution in [0.15, 0.2) is 22.7 Å². The largest absolute Gasteiger partial charge is 0.484 e. The first-order valence-corrected chi connectivity index (χ1v) is 7.77. The summed E-state index contributed by atoms with van der Waals surface area (Å²) in [6.45, 7) is 2.80. The summed E-state index contributed by atoms with van der Waals surface area (Å²) in [5, 5.41) is 2.88. The van der Waals surface area contributed by atoms with Gasteiger partial charge in [-0.2, -0.15) is 0 Å². The molecular formula is C15H21BrN2O2. The fourth-order valence-corrected chi connectivity index (χ4v) is 2.33. The van der Waals surface area contributed by atoms with E-state index >= 15 is 0 Å². The van der Waals surface area contributed by atoms with Crippen LogP contribution >= 0.6 is 15.9 Å². The van der Waals surface area contributed by atoms with E-state index in [1.165, 1.54) is 12.8 Å². The molecule has 1 amide bonds. The second kappa shape index (κ2) is 7.09. The molecule has 1 saturated carbocycles. The minimum absolute atomic E-state index is 0.0615. The number of carbonyl (C=O) groups excluding carboxylic acids is 1. The van der Waals surface area contributed by atoms with Crippen LogP contribution in [0.1, 0.15) is 25.3 Å². The van der Waals surface area contributed by atoms with Crippen molar-refractivity contribution in [3.63, 3.8) is 0 Å². The third-order valence-electron chi connectivity index (χ3n) is 3.21. The zero-order valence-corrected chi connectivity index (χ0v) is 13.3. The molecule has 1 aliphatic carbocycles. The molecular weight excluding hydrogens is 320 g/mol. The van der Waals surface area contributed by atoms with E-state index in [-0.39, 0.29) is 18.6 Å². The van der Waals surface area contributed by atoms with E-state index in [0.29, 0.717) is 11.7 Å². The van der Waals surface area contributed by atoms with Gasteiger partial charge in [0.25, 0.3) is 5.91 Å². The minimum Gasteiger partial charge on any atom is -0.484 e. The Morgan fingerprint density at radius 3 is 2.95 bits per heavy atom. The first kappa shape index (κ1) is 15.3. The predicted octanol–water partition coefficient (Wildman–Crippen LogP) is 2.24. The Morgan fingerprint density at radius 1 is 1.55 bits per heavy atom. The van der Waals surface area contributed by atoms with Crippen LogP contribution < -0.4 is 15.8 Å². The third-order valence-corrected chi connectivity index (χ3v) is 3.99. The van der Waals surface area contributed by atoms with Gasteiger partial charge in [-0.25, -0.2) is 0 Å². The molecule has 1 aliphatic rings. The lowest BCUT2D eigenvalue weighted by Gasteiger charge is -2.11. The lowest BCUT2D eigenvalue weighted by Crippen LogP contribution is -2.30. The van der Waals surface area contributed by atoms with Crippen molar-refractivity contribution in [3.05, 3.63) is 28.2 Å². The molecule has 110 valence electrons. The molecule has 1 aromatic carbocycles. The molecule has 1 unspecified atom stereocenters. The summed E-state index contributed by atoms with van der Waals surface area (Å²) in [6, 6.07) is 5.79. The first-order valence-electron chi connectivity index (χ1n) is 6.98. The molecule has 20 heavy (non-hydrogen) atoms. The van der Waals surface area contributed by atoms with Gasteiger partial charge in [0.2, 0.25) is 0 Å². The number of hydrogen-bond acceptors (Lipinski definition) is 3. The second-order valence-corrected chi connectivity index (χ2v) is 6.33. The maximum absolute atomic E-state index is 11.6. The van der Waals surface area contributed by atoms with Gasteiger partial charge in [-0.05, 0) is 55.9 Å². The normalized spacial score (nSPS) is 15.8. The predicted molar refractivity (Wildman–Crippen MR) is 82.7 cm³/mol. The van der Waals surface area contributed by atoms with Crippen LogP contribution in [0.4, 0.5) is 0 Å². The number of nitrogens with one attached hydrogen (secondary N) is 1. The number of amides is 1. The van der Waals surface area contributed by atoms with E-state index in [4.69, 9.17) is 10.5 Å². The van der Waals surface area contributed by atoms with E-state index in [9.17, 15) is 4.79 Å². The summed E-state index contributed by atoms with van der Waals surface area (Å²) >= 11 is 3.50. The molecule has 5 heteroatoms. The molecule has 0 aromatic heterocycles. The highest BCUT2D eigenvalue weighted by Gasteiger charge is 2.21. The zero-order chi connectivity index (χ0) is 14.5. The fraction of sp³-hybridized carbons (Fsp3) is 0.533. The molecule has 3 N–H and O–H groups in total. The number of carbonyl (C=O) groups is 1.